The fourth-order valence-corrected chi connectivity index (χ4v) is 0.716. The lowest BCUT2D eigenvalue weighted by molar-refractivity contribution is 0.0302. The molecule has 0 aliphatic rings. The van der Waals surface area contributed by atoms with Crippen LogP contribution in [0.25, 0.3) is 0 Å². The van der Waals surface area contributed by atoms with E-state index in [9.17, 15) is 0 Å². The molecule has 0 spiro atoms. The van der Waals surface area contributed by atoms with Crippen molar-refractivity contribution < 1.29 is 14.2 Å². The van der Waals surface area contributed by atoms with Gasteiger partial charge in [0.05, 0.1) is 33.0 Å². The largest absolute Gasteiger partial charge is 0.382 e. The summed E-state index contributed by atoms with van der Waals surface area (Å²) in [5, 5.41) is 0. The molecular formula is C9H18O3S. The third-order valence-corrected chi connectivity index (χ3v) is 1.78. The van der Waals surface area contributed by atoms with Crippen molar-refractivity contribution in [3.8, 4) is 0 Å². The van der Waals surface area contributed by atoms with E-state index in [1.807, 2.05) is 0 Å². The number of thiol groups is 1. The molecule has 3 nitrogen and oxygen atoms in total. The normalized spacial score (nSPS) is 10.3. The minimum absolute atomic E-state index is 0.567. The highest BCUT2D eigenvalue weighted by molar-refractivity contribution is 7.80. The zero-order valence-electron chi connectivity index (χ0n) is 8.12. The van der Waals surface area contributed by atoms with Crippen molar-refractivity contribution in [2.24, 2.45) is 0 Å². The van der Waals surface area contributed by atoms with Crippen LogP contribution in [-0.2, 0) is 14.2 Å². The first-order valence-corrected chi connectivity index (χ1v) is 4.86. The number of methoxy groups -OCH3 is 1. The SMILES string of the molecule is C=C(CS)COCCOCCOC. The maximum Gasteiger partial charge on any atom is 0.0704 e. The van der Waals surface area contributed by atoms with E-state index in [0.717, 1.165) is 5.57 Å². The molecular weight excluding hydrogens is 188 g/mol. The summed E-state index contributed by atoms with van der Waals surface area (Å²) in [6.45, 7) is 6.77. The standard InChI is InChI=1S/C9H18O3S/c1-9(8-13)7-12-6-5-11-4-3-10-2/h13H,1,3-8H2,2H3. The molecule has 0 amide bonds. The van der Waals surface area contributed by atoms with E-state index in [-0.39, 0.29) is 0 Å². The Labute approximate surface area is 85.5 Å². The van der Waals surface area contributed by atoms with Gasteiger partial charge in [-0.3, -0.25) is 0 Å². The van der Waals surface area contributed by atoms with Crippen molar-refractivity contribution in [1.82, 2.24) is 0 Å². The first kappa shape index (κ1) is 13.0. The van der Waals surface area contributed by atoms with Crippen LogP contribution >= 0.6 is 12.6 Å². The van der Waals surface area contributed by atoms with Crippen molar-refractivity contribution in [1.29, 1.82) is 0 Å². The maximum absolute atomic E-state index is 5.25. The first-order valence-electron chi connectivity index (χ1n) is 4.23. The van der Waals surface area contributed by atoms with Gasteiger partial charge in [0, 0.05) is 12.9 Å². The van der Waals surface area contributed by atoms with Gasteiger partial charge in [-0.15, -0.1) is 0 Å². The Bertz CT molecular complexity index is 128. The summed E-state index contributed by atoms with van der Waals surface area (Å²) < 4.78 is 15.3. The zero-order valence-corrected chi connectivity index (χ0v) is 9.02. The fourth-order valence-electron chi connectivity index (χ4n) is 0.624. The number of hydrogen-bond acceptors (Lipinski definition) is 4. The summed E-state index contributed by atoms with van der Waals surface area (Å²) in [6, 6.07) is 0. The van der Waals surface area contributed by atoms with Gasteiger partial charge in [-0.25, -0.2) is 0 Å². The van der Waals surface area contributed by atoms with Gasteiger partial charge >= 0.3 is 0 Å². The third-order valence-electron chi connectivity index (χ3n) is 1.33. The maximum atomic E-state index is 5.25. The molecule has 0 rings (SSSR count). The summed E-state index contributed by atoms with van der Waals surface area (Å²) in [6.07, 6.45) is 0. The molecule has 78 valence electrons. The van der Waals surface area contributed by atoms with Gasteiger partial charge in [-0.05, 0) is 5.57 Å². The van der Waals surface area contributed by atoms with Gasteiger partial charge in [0.1, 0.15) is 0 Å². The minimum atomic E-state index is 0.567. The summed E-state index contributed by atoms with van der Waals surface area (Å²) in [5.74, 6) is 0.671. The molecule has 0 saturated carbocycles. The number of rotatable bonds is 9. The fraction of sp³-hybridized carbons (Fsp3) is 0.778. The number of hydrogen-bond donors (Lipinski definition) is 1. The van der Waals surface area contributed by atoms with Crippen molar-refractivity contribution in [3.05, 3.63) is 12.2 Å². The van der Waals surface area contributed by atoms with Crippen LogP contribution in [0.5, 0.6) is 0 Å². The molecule has 0 fully saturated rings. The van der Waals surface area contributed by atoms with E-state index in [4.69, 9.17) is 14.2 Å². The Balaban J connectivity index is 2.95. The van der Waals surface area contributed by atoms with E-state index in [0.29, 0.717) is 38.8 Å². The van der Waals surface area contributed by atoms with E-state index in [2.05, 4.69) is 19.2 Å². The molecule has 13 heavy (non-hydrogen) atoms. The zero-order chi connectivity index (χ0) is 9.94. The topological polar surface area (TPSA) is 27.7 Å². The van der Waals surface area contributed by atoms with Gasteiger partial charge in [-0.2, -0.15) is 12.6 Å². The molecule has 0 aliphatic heterocycles. The van der Waals surface area contributed by atoms with E-state index < -0.39 is 0 Å². The van der Waals surface area contributed by atoms with Gasteiger partial charge in [0.2, 0.25) is 0 Å². The molecule has 0 bridgehead atoms. The Morgan fingerprint density at radius 3 is 2.38 bits per heavy atom. The lowest BCUT2D eigenvalue weighted by Gasteiger charge is -2.05. The Morgan fingerprint density at radius 1 is 1.15 bits per heavy atom. The predicted molar refractivity (Wildman–Crippen MR) is 56.5 cm³/mol. The summed E-state index contributed by atoms with van der Waals surface area (Å²) in [7, 11) is 1.65. The predicted octanol–water partition coefficient (Wildman–Crippen LogP) is 1.15. The monoisotopic (exact) mass is 206 g/mol. The summed E-state index contributed by atoms with van der Waals surface area (Å²) >= 11 is 4.06. The average Bonchev–Trinajstić information content (AvgIpc) is 2.16. The van der Waals surface area contributed by atoms with Gasteiger partial charge < -0.3 is 14.2 Å². The highest BCUT2D eigenvalue weighted by atomic mass is 32.1. The molecule has 0 atom stereocenters. The van der Waals surface area contributed by atoms with Crippen LogP contribution < -0.4 is 0 Å². The van der Waals surface area contributed by atoms with Crippen LogP contribution in [0.4, 0.5) is 0 Å². The molecule has 4 heteroatoms. The molecule has 0 aliphatic carbocycles. The van der Waals surface area contributed by atoms with E-state index >= 15 is 0 Å². The van der Waals surface area contributed by atoms with Crippen LogP contribution in [0.1, 0.15) is 0 Å². The molecule has 0 N–H and O–H groups in total. The first-order chi connectivity index (χ1) is 6.31. The second-order valence-electron chi connectivity index (χ2n) is 2.57. The molecule has 0 saturated heterocycles. The van der Waals surface area contributed by atoms with Gasteiger partial charge in [0.15, 0.2) is 0 Å². The average molecular weight is 206 g/mol. The molecule has 0 aromatic rings. The molecule has 0 unspecified atom stereocenters. The minimum Gasteiger partial charge on any atom is -0.382 e. The van der Waals surface area contributed by atoms with Gasteiger partial charge in [0.25, 0.3) is 0 Å². The lowest BCUT2D eigenvalue weighted by Crippen LogP contribution is -2.09. The van der Waals surface area contributed by atoms with Crippen LogP contribution in [0, 0.1) is 0 Å². The van der Waals surface area contributed by atoms with Crippen LogP contribution in [0.3, 0.4) is 0 Å². The third kappa shape index (κ3) is 9.89. The second-order valence-corrected chi connectivity index (χ2v) is 2.88. The second kappa shape index (κ2) is 10.1. The highest BCUT2D eigenvalue weighted by Crippen LogP contribution is 1.93. The molecule has 0 aromatic carbocycles. The van der Waals surface area contributed by atoms with Crippen LogP contribution in [0.2, 0.25) is 0 Å². The summed E-state index contributed by atoms with van der Waals surface area (Å²) in [5.41, 5.74) is 0.986. The van der Waals surface area contributed by atoms with Crippen LogP contribution in [-0.4, -0.2) is 45.9 Å². The van der Waals surface area contributed by atoms with Crippen molar-refractivity contribution in [2.45, 2.75) is 0 Å². The smallest absolute Gasteiger partial charge is 0.0704 e. The molecule has 0 aromatic heterocycles. The van der Waals surface area contributed by atoms with E-state index in [1.54, 1.807) is 7.11 Å². The summed E-state index contributed by atoms with van der Waals surface area (Å²) in [4.78, 5) is 0. The molecule has 0 heterocycles. The van der Waals surface area contributed by atoms with Crippen molar-refractivity contribution in [3.63, 3.8) is 0 Å². The van der Waals surface area contributed by atoms with Gasteiger partial charge in [-0.1, -0.05) is 6.58 Å². The lowest BCUT2D eigenvalue weighted by atomic mass is 10.4. The van der Waals surface area contributed by atoms with Crippen molar-refractivity contribution >= 4 is 12.6 Å². The molecule has 0 radical (unpaired) electrons. The van der Waals surface area contributed by atoms with E-state index in [1.165, 1.54) is 0 Å². The Morgan fingerprint density at radius 2 is 1.77 bits per heavy atom. The highest BCUT2D eigenvalue weighted by Gasteiger charge is 1.92. The Kier molecular flexibility index (Phi) is 10.0. The van der Waals surface area contributed by atoms with Crippen molar-refractivity contribution in [2.75, 3.05) is 45.9 Å². The van der Waals surface area contributed by atoms with Crippen LogP contribution in [0.15, 0.2) is 12.2 Å². The Hall–Kier alpha value is -0.0300. The number of ether oxygens (including phenoxy) is 3. The quantitative estimate of drug-likeness (QED) is 0.348.